The molecule has 2 aromatic rings. The number of nitrogens with zero attached hydrogens (tertiary/aromatic N) is 2. The van der Waals surface area contributed by atoms with E-state index in [9.17, 15) is 4.79 Å². The van der Waals surface area contributed by atoms with Gasteiger partial charge in [-0.1, -0.05) is 11.6 Å². The maximum Gasteiger partial charge on any atom is 0.228 e. The molecule has 1 aliphatic rings. The summed E-state index contributed by atoms with van der Waals surface area (Å²) in [5, 5.41) is 3.47. The van der Waals surface area contributed by atoms with E-state index in [2.05, 4.69) is 4.98 Å². The number of benzene rings is 1. The van der Waals surface area contributed by atoms with Crippen molar-refractivity contribution in [3.05, 3.63) is 45.4 Å². The molecule has 1 amide bonds. The molecule has 3 rings (SSSR count). The lowest BCUT2D eigenvalue weighted by molar-refractivity contribution is -0.131. The van der Waals surface area contributed by atoms with E-state index in [1.165, 1.54) is 11.3 Å². The van der Waals surface area contributed by atoms with Crippen LogP contribution in [0.1, 0.15) is 23.5 Å². The molecule has 0 spiro atoms. The molecule has 1 saturated heterocycles. The van der Waals surface area contributed by atoms with Gasteiger partial charge in [0.05, 0.1) is 12.1 Å². The number of carbonyl (C=O) groups is 1. The van der Waals surface area contributed by atoms with E-state index in [1.807, 2.05) is 22.4 Å². The second-order valence-electron chi connectivity index (χ2n) is 6.21. The van der Waals surface area contributed by atoms with Gasteiger partial charge in [0, 0.05) is 23.5 Å². The normalized spacial score (nSPS) is 15.4. The molecular formula is C18H22ClN3O2S. The monoisotopic (exact) mass is 379 g/mol. The van der Waals surface area contributed by atoms with Gasteiger partial charge in [-0.3, -0.25) is 4.79 Å². The summed E-state index contributed by atoms with van der Waals surface area (Å²) in [7, 11) is 0. The van der Waals surface area contributed by atoms with Crippen LogP contribution in [-0.4, -0.2) is 35.4 Å². The van der Waals surface area contributed by atoms with Gasteiger partial charge in [0.25, 0.3) is 0 Å². The summed E-state index contributed by atoms with van der Waals surface area (Å²) >= 11 is 7.37. The molecule has 0 atom stereocenters. The first-order chi connectivity index (χ1) is 12.1. The van der Waals surface area contributed by atoms with Crippen LogP contribution in [0.2, 0.25) is 5.02 Å². The Hall–Kier alpha value is -1.63. The highest BCUT2D eigenvalue weighted by molar-refractivity contribution is 7.09. The Morgan fingerprint density at radius 1 is 1.32 bits per heavy atom. The van der Waals surface area contributed by atoms with Crippen molar-refractivity contribution in [3.8, 4) is 5.75 Å². The lowest BCUT2D eigenvalue weighted by Crippen LogP contribution is -2.40. The first-order valence-corrected chi connectivity index (χ1v) is 9.69. The number of rotatable bonds is 6. The molecule has 1 aromatic carbocycles. The van der Waals surface area contributed by atoms with Gasteiger partial charge in [0.15, 0.2) is 0 Å². The highest BCUT2D eigenvalue weighted by Crippen LogP contribution is 2.20. The van der Waals surface area contributed by atoms with E-state index in [0.29, 0.717) is 30.5 Å². The quantitative estimate of drug-likeness (QED) is 0.837. The summed E-state index contributed by atoms with van der Waals surface area (Å²) < 4.78 is 5.69. The Morgan fingerprint density at radius 2 is 2.04 bits per heavy atom. The third kappa shape index (κ3) is 5.17. The van der Waals surface area contributed by atoms with E-state index in [1.54, 1.807) is 12.1 Å². The SMILES string of the molecule is NCC1CCN(C(=O)Cc2csc(COc3ccc(Cl)cc3)n2)CC1. The third-order valence-corrected chi connectivity index (χ3v) is 5.53. The van der Waals surface area contributed by atoms with Crippen molar-refractivity contribution in [1.29, 1.82) is 0 Å². The largest absolute Gasteiger partial charge is 0.486 e. The van der Waals surface area contributed by atoms with Crippen LogP contribution in [0.25, 0.3) is 0 Å². The van der Waals surface area contributed by atoms with Crippen molar-refractivity contribution in [2.75, 3.05) is 19.6 Å². The molecule has 0 saturated carbocycles. The average Bonchev–Trinajstić information content (AvgIpc) is 3.08. The number of likely N-dealkylation sites (tertiary alicyclic amines) is 1. The van der Waals surface area contributed by atoms with Crippen LogP contribution in [0, 0.1) is 5.92 Å². The number of aromatic nitrogens is 1. The number of hydrogen-bond donors (Lipinski definition) is 1. The molecule has 2 N–H and O–H groups in total. The topological polar surface area (TPSA) is 68.5 Å². The first-order valence-electron chi connectivity index (χ1n) is 8.43. The van der Waals surface area contributed by atoms with Crippen LogP contribution < -0.4 is 10.5 Å². The van der Waals surface area contributed by atoms with E-state index in [0.717, 1.165) is 42.4 Å². The fourth-order valence-corrected chi connectivity index (χ4v) is 3.69. The van der Waals surface area contributed by atoms with Crippen LogP contribution in [-0.2, 0) is 17.8 Å². The zero-order valence-electron chi connectivity index (χ0n) is 14.0. The van der Waals surface area contributed by atoms with Crippen molar-refractivity contribution in [1.82, 2.24) is 9.88 Å². The Kier molecular flexibility index (Phi) is 6.29. The van der Waals surface area contributed by atoms with Gasteiger partial charge in [-0.15, -0.1) is 11.3 Å². The number of thiazole rings is 1. The average molecular weight is 380 g/mol. The van der Waals surface area contributed by atoms with E-state index in [-0.39, 0.29) is 5.91 Å². The van der Waals surface area contributed by atoms with Crippen molar-refractivity contribution >= 4 is 28.8 Å². The maximum absolute atomic E-state index is 12.4. The van der Waals surface area contributed by atoms with Gasteiger partial charge in [0.1, 0.15) is 17.4 Å². The van der Waals surface area contributed by atoms with Crippen molar-refractivity contribution in [2.45, 2.75) is 25.9 Å². The van der Waals surface area contributed by atoms with Gasteiger partial charge in [-0.05, 0) is 49.6 Å². The second kappa shape index (κ2) is 8.65. The van der Waals surface area contributed by atoms with Crippen LogP contribution in [0.15, 0.2) is 29.6 Å². The van der Waals surface area contributed by atoms with Gasteiger partial charge in [0.2, 0.25) is 5.91 Å². The molecule has 0 radical (unpaired) electrons. The molecule has 0 aliphatic carbocycles. The minimum atomic E-state index is 0.144. The minimum Gasteiger partial charge on any atom is -0.486 e. The Bertz CT molecular complexity index is 697. The molecule has 25 heavy (non-hydrogen) atoms. The number of hydrogen-bond acceptors (Lipinski definition) is 5. The highest BCUT2D eigenvalue weighted by Gasteiger charge is 2.22. The van der Waals surface area contributed by atoms with Crippen LogP contribution in [0.4, 0.5) is 0 Å². The predicted molar refractivity (Wildman–Crippen MR) is 100.0 cm³/mol. The number of carbonyl (C=O) groups excluding carboxylic acids is 1. The number of amides is 1. The first kappa shape index (κ1) is 18.2. The van der Waals surface area contributed by atoms with Crippen LogP contribution in [0.5, 0.6) is 5.75 Å². The van der Waals surface area contributed by atoms with E-state index < -0.39 is 0 Å². The summed E-state index contributed by atoms with van der Waals surface area (Å²) in [6, 6.07) is 7.23. The minimum absolute atomic E-state index is 0.144. The van der Waals surface area contributed by atoms with Gasteiger partial charge < -0.3 is 15.4 Å². The molecular weight excluding hydrogens is 358 g/mol. The number of nitrogens with two attached hydrogens (primary N) is 1. The van der Waals surface area contributed by atoms with Crippen molar-refractivity contribution in [3.63, 3.8) is 0 Å². The van der Waals surface area contributed by atoms with E-state index in [4.69, 9.17) is 22.1 Å². The Labute approximate surface area is 156 Å². The molecule has 1 fully saturated rings. The summed E-state index contributed by atoms with van der Waals surface area (Å²) in [5.41, 5.74) is 6.51. The van der Waals surface area contributed by atoms with Gasteiger partial charge in [-0.2, -0.15) is 0 Å². The van der Waals surface area contributed by atoms with Gasteiger partial charge >= 0.3 is 0 Å². The molecule has 7 heteroatoms. The lowest BCUT2D eigenvalue weighted by atomic mass is 9.97. The molecule has 1 aliphatic heterocycles. The number of ether oxygens (including phenoxy) is 1. The molecule has 0 bridgehead atoms. The summed E-state index contributed by atoms with van der Waals surface area (Å²) in [5.74, 6) is 1.45. The molecule has 5 nitrogen and oxygen atoms in total. The smallest absolute Gasteiger partial charge is 0.228 e. The molecule has 2 heterocycles. The highest BCUT2D eigenvalue weighted by atomic mass is 35.5. The van der Waals surface area contributed by atoms with Crippen molar-refractivity contribution < 1.29 is 9.53 Å². The standard InChI is InChI=1S/C18H22ClN3O2S/c19-14-1-3-16(4-2-14)24-11-17-21-15(12-25-17)9-18(23)22-7-5-13(10-20)6-8-22/h1-4,12-13H,5-11,20H2. The summed E-state index contributed by atoms with van der Waals surface area (Å²) in [6.45, 7) is 2.71. The fourth-order valence-electron chi connectivity index (χ4n) is 2.86. The second-order valence-corrected chi connectivity index (χ2v) is 7.59. The number of halogens is 1. The Morgan fingerprint density at radius 3 is 2.72 bits per heavy atom. The Balaban J connectivity index is 1.48. The zero-order valence-corrected chi connectivity index (χ0v) is 15.6. The summed E-state index contributed by atoms with van der Waals surface area (Å²) in [6.07, 6.45) is 2.35. The molecule has 0 unspecified atom stereocenters. The van der Waals surface area contributed by atoms with Crippen LogP contribution in [0.3, 0.4) is 0 Å². The molecule has 1 aromatic heterocycles. The third-order valence-electron chi connectivity index (χ3n) is 4.41. The van der Waals surface area contributed by atoms with Gasteiger partial charge in [-0.25, -0.2) is 4.98 Å². The number of piperidine rings is 1. The zero-order chi connectivity index (χ0) is 17.6. The van der Waals surface area contributed by atoms with E-state index >= 15 is 0 Å². The van der Waals surface area contributed by atoms with Crippen LogP contribution >= 0.6 is 22.9 Å². The predicted octanol–water partition coefficient (Wildman–Crippen LogP) is 3.12. The summed E-state index contributed by atoms with van der Waals surface area (Å²) in [4.78, 5) is 18.8. The fraction of sp³-hybridized carbons (Fsp3) is 0.444. The lowest BCUT2D eigenvalue weighted by Gasteiger charge is -2.31. The van der Waals surface area contributed by atoms with Crippen molar-refractivity contribution in [2.24, 2.45) is 11.7 Å². The maximum atomic E-state index is 12.4. The molecule has 134 valence electrons.